The van der Waals surface area contributed by atoms with Crippen molar-refractivity contribution in [3.8, 4) is 10.6 Å². The molecule has 0 unspecified atom stereocenters. The van der Waals surface area contributed by atoms with Gasteiger partial charge in [0.05, 0.1) is 5.54 Å². The number of aromatic nitrogens is 1. The topological polar surface area (TPSA) is 80.3 Å². The van der Waals surface area contributed by atoms with E-state index in [1.165, 1.54) is 17.4 Å². The second-order valence-electron chi connectivity index (χ2n) is 7.71. The molecule has 2 aromatic rings. The van der Waals surface area contributed by atoms with Gasteiger partial charge in [-0.25, -0.2) is 14.2 Å². The number of benzene rings is 1. The number of nitrogens with zero attached hydrogens (tertiary/aromatic N) is 1. The summed E-state index contributed by atoms with van der Waals surface area (Å²) >= 11 is 1.19. The van der Waals surface area contributed by atoms with Crippen molar-refractivity contribution in [3.05, 3.63) is 41.2 Å². The van der Waals surface area contributed by atoms with Crippen LogP contribution < -0.4 is 10.6 Å². The van der Waals surface area contributed by atoms with Crippen LogP contribution in [-0.2, 0) is 4.74 Å². The van der Waals surface area contributed by atoms with Crippen molar-refractivity contribution < 1.29 is 18.7 Å². The number of hydrogen-bond donors (Lipinski definition) is 2. The van der Waals surface area contributed by atoms with Crippen LogP contribution in [-0.4, -0.2) is 34.7 Å². The maximum atomic E-state index is 13.9. The van der Waals surface area contributed by atoms with E-state index in [0.29, 0.717) is 10.6 Å². The minimum absolute atomic E-state index is 0.179. The third-order valence-electron chi connectivity index (χ3n) is 3.37. The first kappa shape index (κ1) is 20.8. The summed E-state index contributed by atoms with van der Waals surface area (Å²) in [5.41, 5.74) is -0.771. The fraction of sp³-hybridized carbons (Fsp3) is 0.421. The van der Waals surface area contributed by atoms with Crippen LogP contribution in [0, 0.1) is 5.82 Å². The smallest absolute Gasteiger partial charge is 0.407 e. The van der Waals surface area contributed by atoms with Gasteiger partial charge < -0.3 is 15.4 Å². The SMILES string of the molecule is CC(C)(CNC(=O)OC(C)(C)C)NC(=O)c1csc(-c2ccccc2F)n1. The van der Waals surface area contributed by atoms with Gasteiger partial charge >= 0.3 is 6.09 Å². The van der Waals surface area contributed by atoms with E-state index >= 15 is 0 Å². The summed E-state index contributed by atoms with van der Waals surface area (Å²) in [7, 11) is 0. The first-order valence-electron chi connectivity index (χ1n) is 8.47. The van der Waals surface area contributed by atoms with Crippen LogP contribution in [0.2, 0.25) is 0 Å². The molecule has 0 aliphatic rings. The van der Waals surface area contributed by atoms with Crippen molar-refractivity contribution in [1.29, 1.82) is 0 Å². The van der Waals surface area contributed by atoms with E-state index in [1.807, 2.05) is 0 Å². The van der Waals surface area contributed by atoms with Gasteiger partial charge in [0, 0.05) is 17.5 Å². The third kappa shape index (κ3) is 6.32. The van der Waals surface area contributed by atoms with Crippen LogP contribution in [0.1, 0.15) is 45.1 Å². The Bertz CT molecular complexity index is 828. The monoisotopic (exact) mass is 393 g/mol. The van der Waals surface area contributed by atoms with Crippen LogP contribution in [0.15, 0.2) is 29.6 Å². The number of alkyl carbamates (subject to hydrolysis) is 1. The summed E-state index contributed by atoms with van der Waals surface area (Å²) < 4.78 is 19.0. The van der Waals surface area contributed by atoms with Crippen LogP contribution in [0.25, 0.3) is 10.6 Å². The highest BCUT2D eigenvalue weighted by atomic mass is 32.1. The van der Waals surface area contributed by atoms with E-state index in [9.17, 15) is 14.0 Å². The predicted octanol–water partition coefficient (Wildman–Crippen LogP) is 3.98. The highest BCUT2D eigenvalue weighted by molar-refractivity contribution is 7.13. The number of carbonyl (C=O) groups excluding carboxylic acids is 2. The minimum Gasteiger partial charge on any atom is -0.444 e. The summed E-state index contributed by atoms with van der Waals surface area (Å²) in [6.45, 7) is 9.04. The molecule has 146 valence electrons. The van der Waals surface area contributed by atoms with E-state index in [1.54, 1.807) is 58.2 Å². The molecule has 2 N–H and O–H groups in total. The molecule has 0 aliphatic heterocycles. The van der Waals surface area contributed by atoms with Crippen molar-refractivity contribution in [2.24, 2.45) is 0 Å². The van der Waals surface area contributed by atoms with Crippen molar-refractivity contribution >= 4 is 23.3 Å². The molecule has 1 aromatic carbocycles. The Morgan fingerprint density at radius 1 is 1.19 bits per heavy atom. The molecule has 0 atom stereocenters. The number of rotatable bonds is 5. The molecule has 0 fully saturated rings. The van der Waals surface area contributed by atoms with Crippen molar-refractivity contribution in [1.82, 2.24) is 15.6 Å². The molecule has 0 spiro atoms. The van der Waals surface area contributed by atoms with E-state index in [2.05, 4.69) is 15.6 Å². The van der Waals surface area contributed by atoms with Crippen LogP contribution in [0.5, 0.6) is 0 Å². The van der Waals surface area contributed by atoms with E-state index < -0.39 is 23.1 Å². The molecular weight excluding hydrogens is 369 g/mol. The lowest BCUT2D eigenvalue weighted by atomic mass is 10.1. The Hall–Kier alpha value is -2.48. The Morgan fingerprint density at radius 2 is 1.85 bits per heavy atom. The summed E-state index contributed by atoms with van der Waals surface area (Å²) in [4.78, 5) is 28.4. The number of amides is 2. The number of carbonyl (C=O) groups is 2. The van der Waals surface area contributed by atoms with Crippen LogP contribution in [0.3, 0.4) is 0 Å². The maximum Gasteiger partial charge on any atom is 0.407 e. The number of halogens is 1. The lowest BCUT2D eigenvalue weighted by Crippen LogP contribution is -2.52. The molecular formula is C19H24FN3O3S. The molecule has 1 heterocycles. The molecule has 8 heteroatoms. The van der Waals surface area contributed by atoms with Gasteiger partial charge in [-0.1, -0.05) is 12.1 Å². The molecule has 1 aromatic heterocycles. The second-order valence-corrected chi connectivity index (χ2v) is 8.57. The van der Waals surface area contributed by atoms with E-state index in [0.717, 1.165) is 0 Å². The Kier molecular flexibility index (Phi) is 6.20. The Labute approximate surface area is 162 Å². The van der Waals surface area contributed by atoms with Crippen LogP contribution in [0.4, 0.5) is 9.18 Å². The average molecular weight is 393 g/mol. The molecule has 0 radical (unpaired) electrons. The zero-order valence-corrected chi connectivity index (χ0v) is 16.9. The summed E-state index contributed by atoms with van der Waals surface area (Å²) in [6, 6.07) is 6.28. The molecule has 2 rings (SSSR count). The van der Waals surface area contributed by atoms with Gasteiger partial charge in [-0.15, -0.1) is 11.3 Å². The molecule has 6 nitrogen and oxygen atoms in total. The maximum absolute atomic E-state index is 13.9. The van der Waals surface area contributed by atoms with Gasteiger partial charge in [0.25, 0.3) is 5.91 Å². The van der Waals surface area contributed by atoms with Gasteiger partial charge in [0.1, 0.15) is 22.1 Å². The minimum atomic E-state index is -0.726. The first-order valence-corrected chi connectivity index (χ1v) is 9.35. The van der Waals surface area contributed by atoms with Gasteiger partial charge in [0.2, 0.25) is 0 Å². The summed E-state index contributed by atoms with van der Waals surface area (Å²) in [5.74, 6) is -0.787. The third-order valence-corrected chi connectivity index (χ3v) is 4.24. The average Bonchev–Trinajstić information content (AvgIpc) is 3.01. The van der Waals surface area contributed by atoms with E-state index in [-0.39, 0.29) is 18.1 Å². The molecule has 0 bridgehead atoms. The normalized spacial score (nSPS) is 11.8. The molecule has 2 amide bonds. The van der Waals surface area contributed by atoms with Gasteiger partial charge in [-0.05, 0) is 46.8 Å². The molecule has 0 saturated carbocycles. The molecule has 27 heavy (non-hydrogen) atoms. The van der Waals surface area contributed by atoms with Crippen LogP contribution >= 0.6 is 11.3 Å². The Morgan fingerprint density at radius 3 is 2.48 bits per heavy atom. The van der Waals surface area contributed by atoms with Gasteiger partial charge in [-0.3, -0.25) is 4.79 Å². The molecule has 0 aliphatic carbocycles. The lowest BCUT2D eigenvalue weighted by molar-refractivity contribution is 0.0509. The standard InChI is InChI=1S/C19H24FN3O3S/c1-18(2,3)26-17(25)21-11-19(4,5)23-15(24)14-10-27-16(22-14)12-8-6-7-9-13(12)20/h6-10H,11H2,1-5H3,(H,21,25)(H,23,24). The quantitative estimate of drug-likeness (QED) is 0.805. The zero-order valence-electron chi connectivity index (χ0n) is 16.1. The van der Waals surface area contributed by atoms with E-state index in [4.69, 9.17) is 4.74 Å². The van der Waals surface area contributed by atoms with Gasteiger partial charge in [-0.2, -0.15) is 0 Å². The van der Waals surface area contributed by atoms with Crippen molar-refractivity contribution in [2.45, 2.75) is 45.8 Å². The molecule has 0 saturated heterocycles. The summed E-state index contributed by atoms with van der Waals surface area (Å²) in [5, 5.41) is 7.45. The van der Waals surface area contributed by atoms with Gasteiger partial charge in [0.15, 0.2) is 0 Å². The van der Waals surface area contributed by atoms with Crippen molar-refractivity contribution in [3.63, 3.8) is 0 Å². The predicted molar refractivity (Wildman–Crippen MR) is 103 cm³/mol. The fourth-order valence-electron chi connectivity index (χ4n) is 2.16. The highest BCUT2D eigenvalue weighted by Gasteiger charge is 2.25. The first-order chi connectivity index (χ1) is 12.5. The lowest BCUT2D eigenvalue weighted by Gasteiger charge is -2.27. The summed E-state index contributed by atoms with van der Waals surface area (Å²) in [6.07, 6.45) is -0.555. The number of ether oxygens (including phenoxy) is 1. The fourth-order valence-corrected chi connectivity index (χ4v) is 2.99. The second kappa shape index (κ2) is 8.04. The highest BCUT2D eigenvalue weighted by Crippen LogP contribution is 2.26. The zero-order chi connectivity index (χ0) is 20.2. The number of thiazole rings is 1. The van der Waals surface area contributed by atoms with Crippen molar-refractivity contribution in [2.75, 3.05) is 6.54 Å². The number of nitrogens with one attached hydrogen (secondary N) is 2. The number of hydrogen-bond acceptors (Lipinski definition) is 5. The largest absolute Gasteiger partial charge is 0.444 e. The Balaban J connectivity index is 1.98.